The minimum atomic E-state index is -4.94. The molecular formula is C16H22N2O7P2. The zero-order valence-corrected chi connectivity index (χ0v) is 16.7. The normalized spacial score (nSPS) is 15.6. The molecule has 2 aromatic carbocycles. The van der Waals surface area contributed by atoms with E-state index in [-0.39, 0.29) is 0 Å². The van der Waals surface area contributed by atoms with E-state index in [1.165, 1.54) is 0 Å². The first-order valence-electron chi connectivity index (χ1n) is 8.18. The third-order valence-electron chi connectivity index (χ3n) is 3.54. The van der Waals surface area contributed by atoms with Gasteiger partial charge in [0, 0.05) is 0 Å². The summed E-state index contributed by atoms with van der Waals surface area (Å²) >= 11 is 0. The molecule has 2 unspecified atom stereocenters. The van der Waals surface area contributed by atoms with Gasteiger partial charge in [-0.05, 0) is 36.1 Å². The van der Waals surface area contributed by atoms with Crippen LogP contribution >= 0.6 is 15.6 Å². The standard InChI is InChI=1S/C16H22N2O7P2/c1-3-13-9-5-7-11-15(13)17-23-26(19,20)25-27(21,22)24-18-16-12-8-6-10-14(16)4-2/h5-12,17-18H,3-4H2,1-2H3,(H,19,20)(H,21,22). The van der Waals surface area contributed by atoms with E-state index in [2.05, 4.69) is 24.5 Å². The summed E-state index contributed by atoms with van der Waals surface area (Å²) in [6.07, 6.45) is 1.29. The van der Waals surface area contributed by atoms with E-state index < -0.39 is 15.6 Å². The Morgan fingerprint density at radius 1 is 0.778 bits per heavy atom. The SMILES string of the molecule is CCc1ccccc1NOP(=O)(O)OP(=O)(O)ONc1ccccc1CC. The van der Waals surface area contributed by atoms with E-state index in [0.717, 1.165) is 11.1 Å². The predicted molar refractivity (Wildman–Crippen MR) is 102 cm³/mol. The van der Waals surface area contributed by atoms with E-state index in [1.54, 1.807) is 48.5 Å². The number of para-hydroxylation sites is 2. The van der Waals surface area contributed by atoms with Gasteiger partial charge in [0.25, 0.3) is 0 Å². The lowest BCUT2D eigenvalue weighted by Gasteiger charge is -2.18. The van der Waals surface area contributed by atoms with Gasteiger partial charge in [-0.25, -0.2) is 9.13 Å². The van der Waals surface area contributed by atoms with Gasteiger partial charge in [0.15, 0.2) is 0 Å². The van der Waals surface area contributed by atoms with Gasteiger partial charge in [-0.3, -0.25) is 11.0 Å². The summed E-state index contributed by atoms with van der Waals surface area (Å²) in [5.41, 5.74) is 7.05. The molecule has 0 aromatic heterocycles. The van der Waals surface area contributed by atoms with Crippen molar-refractivity contribution in [3.63, 3.8) is 0 Å². The Morgan fingerprint density at radius 3 is 1.52 bits per heavy atom. The number of aryl methyl sites for hydroxylation is 2. The van der Waals surface area contributed by atoms with Crippen molar-refractivity contribution in [1.82, 2.24) is 0 Å². The van der Waals surface area contributed by atoms with Gasteiger partial charge < -0.3 is 9.79 Å². The quantitative estimate of drug-likeness (QED) is 0.329. The van der Waals surface area contributed by atoms with Crippen LogP contribution in [-0.4, -0.2) is 9.79 Å². The molecule has 0 radical (unpaired) electrons. The summed E-state index contributed by atoms with van der Waals surface area (Å²) in [6, 6.07) is 13.8. The molecule has 2 atom stereocenters. The van der Waals surface area contributed by atoms with Gasteiger partial charge in [-0.2, -0.15) is 13.6 Å². The number of nitrogens with one attached hydrogen (secondary N) is 2. The monoisotopic (exact) mass is 416 g/mol. The van der Waals surface area contributed by atoms with E-state index in [1.807, 2.05) is 13.8 Å². The van der Waals surface area contributed by atoms with Crippen molar-refractivity contribution in [2.75, 3.05) is 11.0 Å². The third-order valence-corrected chi connectivity index (χ3v) is 5.84. The number of anilines is 2. The number of hydrogen-bond acceptors (Lipinski definition) is 7. The van der Waals surface area contributed by atoms with Crippen molar-refractivity contribution in [3.8, 4) is 0 Å². The van der Waals surface area contributed by atoms with Crippen molar-refractivity contribution in [2.45, 2.75) is 26.7 Å². The first kappa shape index (κ1) is 21.6. The minimum absolute atomic E-state index is 0.432. The molecule has 0 saturated heterocycles. The average Bonchev–Trinajstić information content (AvgIpc) is 2.64. The molecular weight excluding hydrogens is 394 g/mol. The van der Waals surface area contributed by atoms with Crippen LogP contribution in [-0.2, 0) is 35.5 Å². The molecule has 9 nitrogen and oxygen atoms in total. The summed E-state index contributed by atoms with van der Waals surface area (Å²) in [5.74, 6) is 0. The fourth-order valence-electron chi connectivity index (χ4n) is 2.23. The molecule has 11 heteroatoms. The molecule has 2 aromatic rings. The van der Waals surface area contributed by atoms with Crippen LogP contribution in [0.5, 0.6) is 0 Å². The highest BCUT2D eigenvalue weighted by molar-refractivity contribution is 7.61. The van der Waals surface area contributed by atoms with Gasteiger partial charge in [0.05, 0.1) is 11.4 Å². The van der Waals surface area contributed by atoms with E-state index >= 15 is 0 Å². The number of benzene rings is 2. The molecule has 4 N–H and O–H groups in total. The van der Waals surface area contributed by atoms with Crippen LogP contribution in [0.15, 0.2) is 48.5 Å². The zero-order chi connectivity index (χ0) is 19.9. The Kier molecular flexibility index (Phi) is 7.59. The second-order valence-electron chi connectivity index (χ2n) is 5.43. The number of rotatable bonds is 10. The molecule has 0 aliphatic heterocycles. The molecule has 148 valence electrons. The molecule has 0 fully saturated rings. The van der Waals surface area contributed by atoms with E-state index in [4.69, 9.17) is 0 Å². The molecule has 27 heavy (non-hydrogen) atoms. The highest BCUT2D eigenvalue weighted by Crippen LogP contribution is 2.60. The maximum Gasteiger partial charge on any atom is 0.502 e. The number of phosphoric acid groups is 2. The lowest BCUT2D eigenvalue weighted by Crippen LogP contribution is -2.06. The predicted octanol–water partition coefficient (Wildman–Crippen LogP) is 4.42. The molecule has 0 bridgehead atoms. The van der Waals surface area contributed by atoms with E-state index in [0.29, 0.717) is 24.2 Å². The summed E-state index contributed by atoms with van der Waals surface area (Å²) in [6.45, 7) is 3.79. The Balaban J connectivity index is 1.96. The van der Waals surface area contributed by atoms with Crippen molar-refractivity contribution in [1.29, 1.82) is 0 Å². The topological polar surface area (TPSA) is 126 Å². The van der Waals surface area contributed by atoms with Crippen LogP contribution in [0.25, 0.3) is 0 Å². The Bertz CT molecular complexity index is 793. The summed E-state index contributed by atoms with van der Waals surface area (Å²) in [5, 5.41) is 0. The second kappa shape index (κ2) is 9.48. The van der Waals surface area contributed by atoms with Gasteiger partial charge in [-0.15, -0.1) is 0 Å². The maximum absolute atomic E-state index is 11.9. The first-order chi connectivity index (χ1) is 12.8. The Hall–Kier alpha value is -1.70. The molecule has 0 aliphatic carbocycles. The summed E-state index contributed by atoms with van der Waals surface area (Å²) < 4.78 is 37.3. The highest BCUT2D eigenvalue weighted by Gasteiger charge is 2.36. The summed E-state index contributed by atoms with van der Waals surface area (Å²) in [4.78, 5) is 19.4. The molecule has 0 aliphatic rings. The van der Waals surface area contributed by atoms with Gasteiger partial charge in [-0.1, -0.05) is 50.2 Å². The molecule has 0 heterocycles. The summed E-state index contributed by atoms with van der Waals surface area (Å²) in [7, 11) is -9.88. The Labute approximate surface area is 157 Å². The zero-order valence-electron chi connectivity index (χ0n) is 14.9. The fourth-order valence-corrected chi connectivity index (χ4v) is 3.97. The largest absolute Gasteiger partial charge is 0.502 e. The minimum Gasteiger partial charge on any atom is -0.301 e. The fraction of sp³-hybridized carbons (Fsp3) is 0.250. The van der Waals surface area contributed by atoms with Crippen molar-refractivity contribution >= 4 is 27.0 Å². The van der Waals surface area contributed by atoms with Gasteiger partial charge >= 0.3 is 15.6 Å². The van der Waals surface area contributed by atoms with Crippen LogP contribution in [0, 0.1) is 0 Å². The van der Waals surface area contributed by atoms with Crippen LogP contribution in [0.1, 0.15) is 25.0 Å². The highest BCUT2D eigenvalue weighted by atomic mass is 31.3. The lowest BCUT2D eigenvalue weighted by atomic mass is 10.1. The van der Waals surface area contributed by atoms with Crippen molar-refractivity contribution in [2.24, 2.45) is 0 Å². The second-order valence-corrected chi connectivity index (χ2v) is 8.32. The van der Waals surface area contributed by atoms with Crippen molar-refractivity contribution in [3.05, 3.63) is 59.7 Å². The van der Waals surface area contributed by atoms with E-state index in [9.17, 15) is 18.9 Å². The molecule has 0 amide bonds. The van der Waals surface area contributed by atoms with Crippen LogP contribution in [0.3, 0.4) is 0 Å². The molecule has 0 saturated carbocycles. The molecule has 2 rings (SSSR count). The lowest BCUT2D eigenvalue weighted by molar-refractivity contribution is 0.186. The van der Waals surface area contributed by atoms with Crippen molar-refractivity contribution < 1.29 is 32.5 Å². The van der Waals surface area contributed by atoms with Gasteiger partial charge in [0.2, 0.25) is 0 Å². The Morgan fingerprint density at radius 2 is 1.15 bits per heavy atom. The number of hydrogen-bond donors (Lipinski definition) is 4. The first-order valence-corrected chi connectivity index (χ1v) is 11.2. The average molecular weight is 416 g/mol. The van der Waals surface area contributed by atoms with Crippen LogP contribution < -0.4 is 11.0 Å². The van der Waals surface area contributed by atoms with Crippen LogP contribution in [0.2, 0.25) is 0 Å². The smallest absolute Gasteiger partial charge is 0.301 e. The molecule has 0 spiro atoms. The maximum atomic E-state index is 11.9. The van der Waals surface area contributed by atoms with Crippen LogP contribution in [0.4, 0.5) is 11.4 Å². The van der Waals surface area contributed by atoms with Gasteiger partial charge in [0.1, 0.15) is 0 Å². The third kappa shape index (κ3) is 6.75.